The van der Waals surface area contributed by atoms with Gasteiger partial charge in [0.1, 0.15) is 0 Å². The quantitative estimate of drug-likeness (QED) is 0.766. The van der Waals surface area contributed by atoms with Crippen LogP contribution in [0.15, 0.2) is 24.5 Å². The Labute approximate surface area is 144 Å². The normalized spacial score (nSPS) is 21.4. The Morgan fingerprint density at radius 3 is 2.75 bits per heavy atom. The van der Waals surface area contributed by atoms with E-state index in [1.165, 1.54) is 5.56 Å². The molecule has 1 aromatic rings. The van der Waals surface area contributed by atoms with Crippen molar-refractivity contribution in [3.8, 4) is 0 Å². The third-order valence-corrected chi connectivity index (χ3v) is 5.28. The van der Waals surface area contributed by atoms with Crippen LogP contribution in [-0.4, -0.2) is 65.4 Å². The number of aromatic nitrogens is 2. The average molecular weight is 332 g/mol. The fraction of sp³-hybridized carbons (Fsp3) is 0.667. The third-order valence-electron chi connectivity index (χ3n) is 5.28. The van der Waals surface area contributed by atoms with Gasteiger partial charge in [0.2, 0.25) is 5.91 Å². The van der Waals surface area contributed by atoms with E-state index < -0.39 is 0 Å². The SMILES string of the molecule is COCCN1CC=CCC2(CCN(Cc3cnn(C)c3)CC2)C1=O. The second kappa shape index (κ2) is 7.49. The smallest absolute Gasteiger partial charge is 0.229 e. The van der Waals surface area contributed by atoms with Gasteiger partial charge in [-0.25, -0.2) is 0 Å². The molecule has 0 aromatic carbocycles. The summed E-state index contributed by atoms with van der Waals surface area (Å²) in [6.45, 7) is 4.84. The first kappa shape index (κ1) is 17.2. The predicted octanol–water partition coefficient (Wildman–Crippen LogP) is 1.44. The van der Waals surface area contributed by atoms with E-state index in [0.717, 1.165) is 38.9 Å². The number of ether oxygens (including phenoxy) is 1. The first-order valence-electron chi connectivity index (χ1n) is 8.76. The number of nitrogens with zero attached hydrogens (tertiary/aromatic N) is 4. The van der Waals surface area contributed by atoms with Gasteiger partial charge < -0.3 is 9.64 Å². The maximum absolute atomic E-state index is 13.1. The number of amides is 1. The van der Waals surface area contributed by atoms with Gasteiger partial charge >= 0.3 is 0 Å². The molecule has 1 amide bonds. The fourth-order valence-electron chi connectivity index (χ4n) is 3.78. The van der Waals surface area contributed by atoms with E-state index in [-0.39, 0.29) is 5.41 Å². The van der Waals surface area contributed by atoms with Crippen LogP contribution in [0, 0.1) is 5.41 Å². The second-order valence-corrected chi connectivity index (χ2v) is 7.00. The van der Waals surface area contributed by atoms with E-state index in [2.05, 4.69) is 28.3 Å². The van der Waals surface area contributed by atoms with Crippen LogP contribution in [0.2, 0.25) is 0 Å². The van der Waals surface area contributed by atoms with Crippen LogP contribution in [0.3, 0.4) is 0 Å². The first-order chi connectivity index (χ1) is 11.6. The van der Waals surface area contributed by atoms with Crippen molar-refractivity contribution in [1.29, 1.82) is 0 Å². The standard InChI is InChI=1S/C18H28N4O2/c1-20-14-16(13-19-20)15-21-9-6-18(7-10-21)5-3-4-8-22(17(18)23)11-12-24-2/h3-4,13-14H,5-12,15H2,1-2H3. The molecule has 1 fully saturated rings. The molecule has 3 rings (SSSR count). The van der Waals surface area contributed by atoms with Crippen LogP contribution in [0.5, 0.6) is 0 Å². The molecule has 2 aliphatic heterocycles. The number of aryl methyl sites for hydroxylation is 1. The molecule has 3 heterocycles. The number of allylic oxidation sites excluding steroid dienone is 1. The summed E-state index contributed by atoms with van der Waals surface area (Å²) in [5.41, 5.74) is 1.02. The van der Waals surface area contributed by atoms with E-state index in [1.807, 2.05) is 22.8 Å². The summed E-state index contributed by atoms with van der Waals surface area (Å²) in [6.07, 6.45) is 11.1. The topological polar surface area (TPSA) is 50.6 Å². The lowest BCUT2D eigenvalue weighted by molar-refractivity contribution is -0.144. The summed E-state index contributed by atoms with van der Waals surface area (Å²) >= 11 is 0. The average Bonchev–Trinajstić information content (AvgIpc) is 2.93. The Kier molecular flexibility index (Phi) is 5.36. The molecule has 0 N–H and O–H groups in total. The van der Waals surface area contributed by atoms with Gasteiger partial charge in [-0.3, -0.25) is 14.4 Å². The van der Waals surface area contributed by atoms with E-state index in [4.69, 9.17) is 4.74 Å². The minimum Gasteiger partial charge on any atom is -0.383 e. The molecule has 0 saturated carbocycles. The van der Waals surface area contributed by atoms with E-state index in [9.17, 15) is 4.79 Å². The summed E-state index contributed by atoms with van der Waals surface area (Å²) in [5, 5.41) is 4.24. The predicted molar refractivity (Wildman–Crippen MR) is 92.4 cm³/mol. The van der Waals surface area contributed by atoms with Crippen molar-refractivity contribution >= 4 is 5.91 Å². The van der Waals surface area contributed by atoms with Crippen LogP contribution in [-0.2, 0) is 23.1 Å². The Bertz CT molecular complexity index is 588. The Hall–Kier alpha value is -1.66. The van der Waals surface area contributed by atoms with Gasteiger partial charge in [0.15, 0.2) is 0 Å². The van der Waals surface area contributed by atoms with Crippen molar-refractivity contribution in [2.24, 2.45) is 12.5 Å². The lowest BCUT2D eigenvalue weighted by atomic mass is 9.74. The highest BCUT2D eigenvalue weighted by Gasteiger charge is 2.43. The molecule has 0 radical (unpaired) electrons. The highest BCUT2D eigenvalue weighted by Crippen LogP contribution is 2.39. The van der Waals surface area contributed by atoms with E-state index in [1.54, 1.807) is 7.11 Å². The Morgan fingerprint density at radius 2 is 2.08 bits per heavy atom. The number of carbonyl (C=O) groups is 1. The Morgan fingerprint density at radius 1 is 1.29 bits per heavy atom. The number of hydrogen-bond donors (Lipinski definition) is 0. The Balaban J connectivity index is 1.62. The second-order valence-electron chi connectivity index (χ2n) is 7.00. The van der Waals surface area contributed by atoms with Crippen molar-refractivity contribution < 1.29 is 9.53 Å². The van der Waals surface area contributed by atoms with Gasteiger partial charge in [0.25, 0.3) is 0 Å². The van der Waals surface area contributed by atoms with Gasteiger partial charge in [-0.1, -0.05) is 12.2 Å². The maximum Gasteiger partial charge on any atom is 0.229 e. The summed E-state index contributed by atoms with van der Waals surface area (Å²) in [4.78, 5) is 17.5. The highest BCUT2D eigenvalue weighted by molar-refractivity contribution is 5.83. The molecule has 2 aliphatic rings. The minimum absolute atomic E-state index is 0.216. The minimum atomic E-state index is -0.216. The van der Waals surface area contributed by atoms with Gasteiger partial charge in [-0.15, -0.1) is 0 Å². The third kappa shape index (κ3) is 3.70. The van der Waals surface area contributed by atoms with Crippen LogP contribution >= 0.6 is 0 Å². The zero-order valence-corrected chi connectivity index (χ0v) is 14.8. The molecule has 1 saturated heterocycles. The molecule has 0 unspecified atom stereocenters. The molecule has 0 aliphatic carbocycles. The van der Waals surface area contributed by atoms with Crippen LogP contribution in [0.1, 0.15) is 24.8 Å². The lowest BCUT2D eigenvalue weighted by Gasteiger charge is -2.41. The highest BCUT2D eigenvalue weighted by atomic mass is 16.5. The number of rotatable bonds is 5. The summed E-state index contributed by atoms with van der Waals surface area (Å²) in [5.74, 6) is 0.311. The van der Waals surface area contributed by atoms with Gasteiger partial charge in [-0.05, 0) is 32.4 Å². The molecular weight excluding hydrogens is 304 g/mol. The molecule has 1 aromatic heterocycles. The van der Waals surface area contributed by atoms with Gasteiger partial charge in [0, 0.05) is 45.6 Å². The summed E-state index contributed by atoms with van der Waals surface area (Å²) in [7, 11) is 3.63. The van der Waals surface area contributed by atoms with Crippen molar-refractivity contribution in [2.75, 3.05) is 39.9 Å². The lowest BCUT2D eigenvalue weighted by Crippen LogP contribution is -2.50. The zero-order valence-electron chi connectivity index (χ0n) is 14.8. The molecule has 0 bridgehead atoms. The molecule has 1 spiro atoms. The monoisotopic (exact) mass is 332 g/mol. The number of carbonyl (C=O) groups excluding carboxylic acids is 1. The number of hydrogen-bond acceptors (Lipinski definition) is 4. The molecule has 0 atom stereocenters. The largest absolute Gasteiger partial charge is 0.383 e. The van der Waals surface area contributed by atoms with E-state index >= 15 is 0 Å². The van der Waals surface area contributed by atoms with Crippen molar-refractivity contribution in [3.63, 3.8) is 0 Å². The summed E-state index contributed by atoms with van der Waals surface area (Å²) in [6, 6.07) is 0. The molecule has 6 nitrogen and oxygen atoms in total. The van der Waals surface area contributed by atoms with E-state index in [0.29, 0.717) is 25.6 Å². The van der Waals surface area contributed by atoms with Gasteiger partial charge in [-0.2, -0.15) is 5.10 Å². The number of methoxy groups -OCH3 is 1. The number of likely N-dealkylation sites (tertiary alicyclic amines) is 1. The van der Waals surface area contributed by atoms with Crippen LogP contribution < -0.4 is 0 Å². The van der Waals surface area contributed by atoms with Crippen LogP contribution in [0.4, 0.5) is 0 Å². The fourth-order valence-corrected chi connectivity index (χ4v) is 3.78. The van der Waals surface area contributed by atoms with Crippen molar-refractivity contribution in [1.82, 2.24) is 19.6 Å². The molecule has 24 heavy (non-hydrogen) atoms. The molecular formula is C18H28N4O2. The van der Waals surface area contributed by atoms with Crippen molar-refractivity contribution in [3.05, 3.63) is 30.1 Å². The zero-order chi connectivity index (χ0) is 17.0. The van der Waals surface area contributed by atoms with Gasteiger partial charge in [0.05, 0.1) is 18.2 Å². The molecule has 132 valence electrons. The van der Waals surface area contributed by atoms with Crippen molar-refractivity contribution in [2.45, 2.75) is 25.8 Å². The summed E-state index contributed by atoms with van der Waals surface area (Å²) < 4.78 is 7.00. The number of piperidine rings is 1. The van der Waals surface area contributed by atoms with Crippen LogP contribution in [0.25, 0.3) is 0 Å². The maximum atomic E-state index is 13.1. The first-order valence-corrected chi connectivity index (χ1v) is 8.76. The molecule has 6 heteroatoms.